The Morgan fingerprint density at radius 2 is 2.27 bits per heavy atom. The van der Waals surface area contributed by atoms with Crippen molar-refractivity contribution < 1.29 is 4.39 Å². The Hall–Kier alpha value is -0.610. The molecule has 0 unspecified atom stereocenters. The van der Waals surface area contributed by atoms with E-state index in [1.807, 2.05) is 0 Å². The molecule has 56 valence electrons. The molecule has 0 saturated carbocycles. The summed E-state index contributed by atoms with van der Waals surface area (Å²) in [6.07, 6.45) is 0. The molecule has 0 aliphatic heterocycles. The van der Waals surface area contributed by atoms with Crippen molar-refractivity contribution in [1.29, 1.82) is 0 Å². The monoisotopic (exact) mass is 185 g/mol. The SMILES string of the molecule is Fc1ccc2sc(S)nc2c1. The Labute approximate surface area is 72.3 Å². The van der Waals surface area contributed by atoms with Gasteiger partial charge in [-0.1, -0.05) is 0 Å². The van der Waals surface area contributed by atoms with Crippen LogP contribution in [0, 0.1) is 5.82 Å². The second-order valence-electron chi connectivity index (χ2n) is 2.11. The molecule has 1 nitrogen and oxygen atoms in total. The molecule has 1 aromatic carbocycles. The molecule has 1 heterocycles. The van der Waals surface area contributed by atoms with E-state index in [4.69, 9.17) is 0 Å². The third-order valence-corrected chi connectivity index (χ3v) is 2.55. The number of nitrogens with zero attached hydrogens (tertiary/aromatic N) is 1. The van der Waals surface area contributed by atoms with Gasteiger partial charge in [-0.2, -0.15) is 0 Å². The van der Waals surface area contributed by atoms with Gasteiger partial charge in [-0.15, -0.1) is 24.0 Å². The fourth-order valence-corrected chi connectivity index (χ4v) is 1.98. The molecule has 2 aromatic rings. The summed E-state index contributed by atoms with van der Waals surface area (Å²) in [4.78, 5) is 4.02. The van der Waals surface area contributed by atoms with Gasteiger partial charge in [0.1, 0.15) is 10.2 Å². The minimum Gasteiger partial charge on any atom is -0.230 e. The van der Waals surface area contributed by atoms with Crippen molar-refractivity contribution in [3.63, 3.8) is 0 Å². The van der Waals surface area contributed by atoms with Crippen LogP contribution in [-0.2, 0) is 0 Å². The van der Waals surface area contributed by atoms with Gasteiger partial charge in [0.05, 0.1) is 10.2 Å². The molecule has 0 fully saturated rings. The van der Waals surface area contributed by atoms with Gasteiger partial charge in [-0.25, -0.2) is 9.37 Å². The van der Waals surface area contributed by atoms with Crippen LogP contribution < -0.4 is 0 Å². The number of aromatic nitrogens is 1. The van der Waals surface area contributed by atoms with Crippen molar-refractivity contribution in [3.8, 4) is 0 Å². The lowest BCUT2D eigenvalue weighted by atomic mass is 10.3. The second-order valence-corrected chi connectivity index (χ2v) is 3.87. The number of thiol groups is 1. The van der Waals surface area contributed by atoms with Crippen molar-refractivity contribution in [1.82, 2.24) is 4.98 Å². The van der Waals surface area contributed by atoms with Crippen molar-refractivity contribution >= 4 is 34.2 Å². The maximum Gasteiger partial charge on any atom is 0.148 e. The average molecular weight is 185 g/mol. The molecule has 0 atom stereocenters. The summed E-state index contributed by atoms with van der Waals surface area (Å²) in [6.45, 7) is 0. The van der Waals surface area contributed by atoms with Crippen LogP contribution in [0.4, 0.5) is 4.39 Å². The van der Waals surface area contributed by atoms with Gasteiger partial charge in [-0.3, -0.25) is 0 Å². The minimum atomic E-state index is -0.254. The number of halogens is 1. The Balaban J connectivity index is 2.82. The van der Waals surface area contributed by atoms with E-state index in [9.17, 15) is 4.39 Å². The smallest absolute Gasteiger partial charge is 0.148 e. The Bertz CT molecular complexity index is 396. The van der Waals surface area contributed by atoms with E-state index in [-0.39, 0.29) is 5.82 Å². The lowest BCUT2D eigenvalue weighted by Gasteiger charge is -1.85. The molecule has 11 heavy (non-hydrogen) atoms. The third kappa shape index (κ3) is 1.23. The predicted molar refractivity (Wildman–Crippen MR) is 46.8 cm³/mol. The summed E-state index contributed by atoms with van der Waals surface area (Å²) in [5, 5.41) is 0. The molecule has 0 N–H and O–H groups in total. The topological polar surface area (TPSA) is 12.9 Å². The zero-order valence-corrected chi connectivity index (χ0v) is 7.12. The highest BCUT2D eigenvalue weighted by Crippen LogP contribution is 2.24. The van der Waals surface area contributed by atoms with Gasteiger partial charge in [0.25, 0.3) is 0 Å². The van der Waals surface area contributed by atoms with Crippen LogP contribution in [0.5, 0.6) is 0 Å². The van der Waals surface area contributed by atoms with Gasteiger partial charge in [0.2, 0.25) is 0 Å². The summed E-state index contributed by atoms with van der Waals surface area (Å²) in [7, 11) is 0. The molecular formula is C7H4FNS2. The number of hydrogen-bond acceptors (Lipinski definition) is 3. The van der Waals surface area contributed by atoms with Gasteiger partial charge in [0.15, 0.2) is 0 Å². The summed E-state index contributed by atoms with van der Waals surface area (Å²) in [5.41, 5.74) is 0.681. The summed E-state index contributed by atoms with van der Waals surface area (Å²) >= 11 is 5.51. The van der Waals surface area contributed by atoms with Gasteiger partial charge in [-0.05, 0) is 12.1 Å². The fraction of sp³-hybridized carbons (Fsp3) is 0. The maximum atomic E-state index is 12.6. The first-order chi connectivity index (χ1) is 5.25. The van der Waals surface area contributed by atoms with E-state index in [1.54, 1.807) is 6.07 Å². The van der Waals surface area contributed by atoms with Crippen LogP contribution in [0.1, 0.15) is 0 Å². The first-order valence-electron chi connectivity index (χ1n) is 3.01. The van der Waals surface area contributed by atoms with Gasteiger partial charge >= 0.3 is 0 Å². The van der Waals surface area contributed by atoms with E-state index in [0.29, 0.717) is 9.86 Å². The predicted octanol–water partition coefficient (Wildman–Crippen LogP) is 2.72. The van der Waals surface area contributed by atoms with Crippen molar-refractivity contribution in [3.05, 3.63) is 24.0 Å². The molecule has 0 bridgehead atoms. The zero-order valence-electron chi connectivity index (χ0n) is 5.41. The van der Waals surface area contributed by atoms with E-state index in [0.717, 1.165) is 4.70 Å². The fourth-order valence-electron chi connectivity index (χ4n) is 0.888. The largest absolute Gasteiger partial charge is 0.230 e. The number of thiazole rings is 1. The molecule has 0 radical (unpaired) electrons. The van der Waals surface area contributed by atoms with Crippen LogP contribution >= 0.6 is 24.0 Å². The molecule has 0 aliphatic carbocycles. The van der Waals surface area contributed by atoms with Crippen LogP contribution in [0.3, 0.4) is 0 Å². The first-order valence-corrected chi connectivity index (χ1v) is 4.27. The van der Waals surface area contributed by atoms with Crippen molar-refractivity contribution in [2.75, 3.05) is 0 Å². The van der Waals surface area contributed by atoms with E-state index in [1.165, 1.54) is 23.5 Å². The summed E-state index contributed by atoms with van der Waals surface area (Å²) in [5.74, 6) is -0.254. The third-order valence-electron chi connectivity index (χ3n) is 1.34. The molecule has 1 aromatic heterocycles. The standard InChI is InChI=1S/C7H4FNS2/c8-4-1-2-6-5(3-4)9-7(10)11-6/h1-3H,(H,9,10). The molecule has 2 rings (SSSR count). The Morgan fingerprint density at radius 1 is 1.45 bits per heavy atom. The number of fused-ring (bicyclic) bond motifs is 1. The highest BCUT2D eigenvalue weighted by Gasteiger charge is 2.00. The zero-order chi connectivity index (χ0) is 7.84. The number of benzene rings is 1. The molecule has 0 aliphatic rings. The normalized spacial score (nSPS) is 10.7. The lowest BCUT2D eigenvalue weighted by molar-refractivity contribution is 0.629. The maximum absolute atomic E-state index is 12.6. The lowest BCUT2D eigenvalue weighted by Crippen LogP contribution is -1.71. The Kier molecular flexibility index (Phi) is 1.58. The molecule has 0 amide bonds. The summed E-state index contributed by atoms with van der Waals surface area (Å²) in [6, 6.07) is 4.54. The van der Waals surface area contributed by atoms with Crippen molar-refractivity contribution in [2.24, 2.45) is 0 Å². The van der Waals surface area contributed by atoms with Crippen LogP contribution in [-0.4, -0.2) is 4.98 Å². The van der Waals surface area contributed by atoms with E-state index in [2.05, 4.69) is 17.6 Å². The highest BCUT2D eigenvalue weighted by molar-refractivity contribution is 7.82. The van der Waals surface area contributed by atoms with Crippen molar-refractivity contribution in [2.45, 2.75) is 4.34 Å². The first kappa shape index (κ1) is 7.06. The second kappa shape index (κ2) is 2.46. The number of rotatable bonds is 0. The number of hydrogen-bond donors (Lipinski definition) is 1. The molecular weight excluding hydrogens is 181 g/mol. The average Bonchev–Trinajstić information content (AvgIpc) is 2.27. The van der Waals surface area contributed by atoms with Crippen LogP contribution in [0.15, 0.2) is 22.5 Å². The minimum absolute atomic E-state index is 0.254. The molecule has 4 heteroatoms. The highest BCUT2D eigenvalue weighted by atomic mass is 32.2. The van der Waals surface area contributed by atoms with Gasteiger partial charge in [0, 0.05) is 6.07 Å². The molecule has 0 saturated heterocycles. The van der Waals surface area contributed by atoms with Crippen LogP contribution in [0.25, 0.3) is 10.2 Å². The van der Waals surface area contributed by atoms with E-state index < -0.39 is 0 Å². The van der Waals surface area contributed by atoms with Gasteiger partial charge < -0.3 is 0 Å². The summed E-state index contributed by atoms with van der Waals surface area (Å²) < 4.78 is 14.2. The van der Waals surface area contributed by atoms with Crippen LogP contribution in [0.2, 0.25) is 0 Å². The van der Waals surface area contributed by atoms with E-state index >= 15 is 0 Å². The molecule has 0 spiro atoms. The Morgan fingerprint density at radius 3 is 3.09 bits per heavy atom. The quantitative estimate of drug-likeness (QED) is 0.623.